The van der Waals surface area contributed by atoms with Gasteiger partial charge >= 0.3 is 0 Å². The average molecular weight is 161 g/mol. The van der Waals surface area contributed by atoms with Crippen molar-refractivity contribution in [2.45, 2.75) is 36.8 Å². The lowest BCUT2D eigenvalue weighted by atomic mass is 9.84. The van der Waals surface area contributed by atoms with E-state index in [0.717, 1.165) is 0 Å². The molecule has 0 aromatic rings. The van der Waals surface area contributed by atoms with Gasteiger partial charge in [-0.2, -0.15) is 0 Å². The molecule has 0 amide bonds. The summed E-state index contributed by atoms with van der Waals surface area (Å²) in [5, 5.41) is 18.5. The van der Waals surface area contributed by atoms with Crippen LogP contribution in [0.4, 0.5) is 0 Å². The molecule has 5 atom stereocenters. The summed E-state index contributed by atoms with van der Waals surface area (Å²) in [5.74, 6) is 0. The summed E-state index contributed by atoms with van der Waals surface area (Å²) in [4.78, 5) is 0. The van der Waals surface area contributed by atoms with Crippen molar-refractivity contribution in [3.63, 3.8) is 0 Å². The molecule has 1 rings (SSSR count). The molecule has 0 aliphatic heterocycles. The SMILES string of the molecule is NC1[C@H](O)[C@H](N)C[C@H](N)[C@H]1O. The second-order valence-electron chi connectivity index (χ2n) is 3.12. The average Bonchev–Trinajstić information content (AvgIpc) is 1.97. The van der Waals surface area contributed by atoms with Gasteiger partial charge in [0.1, 0.15) is 0 Å². The molecule has 0 bridgehead atoms. The molecule has 5 nitrogen and oxygen atoms in total. The summed E-state index contributed by atoms with van der Waals surface area (Å²) in [6, 6.07) is -1.54. The molecule has 1 aliphatic carbocycles. The van der Waals surface area contributed by atoms with Gasteiger partial charge in [-0.3, -0.25) is 0 Å². The Morgan fingerprint density at radius 2 is 1.27 bits per heavy atom. The van der Waals surface area contributed by atoms with Crippen LogP contribution in [-0.4, -0.2) is 40.5 Å². The Bertz CT molecular complexity index is 130. The molecule has 1 fully saturated rings. The highest BCUT2D eigenvalue weighted by Crippen LogP contribution is 2.15. The van der Waals surface area contributed by atoms with Gasteiger partial charge in [0.25, 0.3) is 0 Å². The standard InChI is InChI=1S/C6H15N3O2/c7-2-1-3(8)6(11)4(9)5(2)10/h2-6,10-11H,1,7-9H2/t2-,3+,4?,5-,6-/m1/s1. The summed E-state index contributed by atoms with van der Waals surface area (Å²) in [5.41, 5.74) is 16.4. The molecule has 11 heavy (non-hydrogen) atoms. The molecule has 1 unspecified atom stereocenters. The summed E-state index contributed by atoms with van der Waals surface area (Å²) >= 11 is 0. The number of aliphatic hydroxyl groups is 2. The fourth-order valence-electron chi connectivity index (χ4n) is 1.37. The van der Waals surface area contributed by atoms with Crippen molar-refractivity contribution in [3.8, 4) is 0 Å². The van der Waals surface area contributed by atoms with E-state index < -0.39 is 30.3 Å². The topological polar surface area (TPSA) is 119 Å². The summed E-state index contributed by atoms with van der Waals surface area (Å²) in [6.07, 6.45) is -1.27. The first-order valence-electron chi connectivity index (χ1n) is 3.67. The predicted octanol–water partition coefficient (Wildman–Crippen LogP) is -2.91. The Labute approximate surface area is 65.2 Å². The molecule has 0 heterocycles. The molecular formula is C6H15N3O2. The highest BCUT2D eigenvalue weighted by Gasteiger charge is 2.37. The maximum absolute atomic E-state index is 9.27. The quantitative estimate of drug-likeness (QED) is 0.261. The third-order valence-electron chi connectivity index (χ3n) is 2.21. The highest BCUT2D eigenvalue weighted by molar-refractivity contribution is 4.98. The van der Waals surface area contributed by atoms with Gasteiger partial charge in [-0.25, -0.2) is 0 Å². The van der Waals surface area contributed by atoms with Crippen molar-refractivity contribution < 1.29 is 10.2 Å². The van der Waals surface area contributed by atoms with Crippen LogP contribution in [0.3, 0.4) is 0 Å². The van der Waals surface area contributed by atoms with Crippen LogP contribution in [0.1, 0.15) is 6.42 Å². The molecule has 0 aromatic heterocycles. The first kappa shape index (κ1) is 8.89. The molecule has 1 aliphatic rings. The van der Waals surface area contributed by atoms with Gasteiger partial charge in [-0.05, 0) is 6.42 Å². The van der Waals surface area contributed by atoms with Crippen molar-refractivity contribution in [2.75, 3.05) is 0 Å². The van der Waals surface area contributed by atoms with Gasteiger partial charge in [0.2, 0.25) is 0 Å². The number of rotatable bonds is 0. The van der Waals surface area contributed by atoms with Crippen LogP contribution in [0, 0.1) is 0 Å². The van der Waals surface area contributed by atoms with Crippen molar-refractivity contribution in [1.29, 1.82) is 0 Å². The van der Waals surface area contributed by atoms with Crippen molar-refractivity contribution >= 4 is 0 Å². The van der Waals surface area contributed by atoms with Crippen LogP contribution in [0.5, 0.6) is 0 Å². The minimum atomic E-state index is -0.843. The largest absolute Gasteiger partial charge is 0.390 e. The van der Waals surface area contributed by atoms with Gasteiger partial charge in [0.05, 0.1) is 18.2 Å². The lowest BCUT2D eigenvalue weighted by molar-refractivity contribution is -0.00665. The fourth-order valence-corrected chi connectivity index (χ4v) is 1.37. The Hall–Kier alpha value is -0.200. The summed E-state index contributed by atoms with van der Waals surface area (Å²) in [6.45, 7) is 0. The van der Waals surface area contributed by atoms with E-state index in [2.05, 4.69) is 0 Å². The van der Waals surface area contributed by atoms with E-state index in [1.165, 1.54) is 0 Å². The van der Waals surface area contributed by atoms with E-state index in [-0.39, 0.29) is 0 Å². The van der Waals surface area contributed by atoms with E-state index in [1.807, 2.05) is 0 Å². The van der Waals surface area contributed by atoms with Crippen LogP contribution in [0.25, 0.3) is 0 Å². The van der Waals surface area contributed by atoms with Crippen LogP contribution in [0.15, 0.2) is 0 Å². The maximum Gasteiger partial charge on any atom is 0.0868 e. The molecule has 0 saturated heterocycles. The van der Waals surface area contributed by atoms with Crippen LogP contribution in [0.2, 0.25) is 0 Å². The van der Waals surface area contributed by atoms with Crippen molar-refractivity contribution in [1.82, 2.24) is 0 Å². The fraction of sp³-hybridized carbons (Fsp3) is 1.00. The lowest BCUT2D eigenvalue weighted by Gasteiger charge is -2.37. The molecule has 66 valence electrons. The Morgan fingerprint density at radius 3 is 1.64 bits per heavy atom. The smallest absolute Gasteiger partial charge is 0.0868 e. The second-order valence-corrected chi connectivity index (χ2v) is 3.12. The predicted molar refractivity (Wildman–Crippen MR) is 40.6 cm³/mol. The van der Waals surface area contributed by atoms with Crippen LogP contribution < -0.4 is 17.2 Å². The van der Waals surface area contributed by atoms with Gasteiger partial charge in [-0.1, -0.05) is 0 Å². The Kier molecular flexibility index (Phi) is 2.46. The van der Waals surface area contributed by atoms with E-state index in [0.29, 0.717) is 6.42 Å². The summed E-state index contributed by atoms with van der Waals surface area (Å²) in [7, 11) is 0. The minimum Gasteiger partial charge on any atom is -0.390 e. The molecular weight excluding hydrogens is 146 g/mol. The first-order chi connectivity index (χ1) is 5.04. The zero-order valence-corrected chi connectivity index (χ0v) is 6.22. The molecule has 0 spiro atoms. The summed E-state index contributed by atoms with van der Waals surface area (Å²) < 4.78 is 0. The zero-order chi connectivity index (χ0) is 8.59. The van der Waals surface area contributed by atoms with E-state index in [9.17, 15) is 10.2 Å². The minimum absolute atomic E-state index is 0.413. The Balaban J connectivity index is 2.63. The van der Waals surface area contributed by atoms with E-state index >= 15 is 0 Å². The molecule has 5 heteroatoms. The van der Waals surface area contributed by atoms with Gasteiger partial charge in [0, 0.05) is 12.1 Å². The number of aliphatic hydroxyl groups excluding tert-OH is 2. The van der Waals surface area contributed by atoms with Gasteiger partial charge < -0.3 is 27.4 Å². The third-order valence-corrected chi connectivity index (χ3v) is 2.21. The third kappa shape index (κ3) is 1.52. The zero-order valence-electron chi connectivity index (χ0n) is 6.22. The first-order valence-corrected chi connectivity index (χ1v) is 3.67. The number of hydrogen-bond acceptors (Lipinski definition) is 5. The highest BCUT2D eigenvalue weighted by atomic mass is 16.3. The number of hydrogen-bond donors (Lipinski definition) is 5. The van der Waals surface area contributed by atoms with Crippen molar-refractivity contribution in [3.05, 3.63) is 0 Å². The molecule has 0 radical (unpaired) electrons. The van der Waals surface area contributed by atoms with E-state index in [4.69, 9.17) is 17.2 Å². The number of nitrogens with two attached hydrogens (primary N) is 3. The monoisotopic (exact) mass is 161 g/mol. The van der Waals surface area contributed by atoms with E-state index in [1.54, 1.807) is 0 Å². The maximum atomic E-state index is 9.27. The van der Waals surface area contributed by atoms with Gasteiger partial charge in [-0.15, -0.1) is 0 Å². The second kappa shape index (κ2) is 3.04. The Morgan fingerprint density at radius 1 is 0.909 bits per heavy atom. The van der Waals surface area contributed by atoms with Crippen molar-refractivity contribution in [2.24, 2.45) is 17.2 Å². The van der Waals surface area contributed by atoms with Crippen LogP contribution in [-0.2, 0) is 0 Å². The normalized spacial score (nSPS) is 52.6. The molecule has 1 saturated carbocycles. The van der Waals surface area contributed by atoms with Crippen LogP contribution >= 0.6 is 0 Å². The molecule has 0 aromatic carbocycles. The lowest BCUT2D eigenvalue weighted by Crippen LogP contribution is -2.64. The van der Waals surface area contributed by atoms with Gasteiger partial charge in [0.15, 0.2) is 0 Å². The molecule has 8 N–H and O–H groups in total.